The number of hydrogen-bond donors (Lipinski definition) is 2. The summed E-state index contributed by atoms with van der Waals surface area (Å²) >= 11 is 5.38. The van der Waals surface area contributed by atoms with E-state index in [1.807, 2.05) is 6.07 Å². The van der Waals surface area contributed by atoms with Gasteiger partial charge in [-0.25, -0.2) is 0 Å². The molecule has 2 aliphatic carbocycles. The van der Waals surface area contributed by atoms with Crippen LogP contribution in [0.1, 0.15) is 18.4 Å². The van der Waals surface area contributed by atoms with Crippen LogP contribution in [0.2, 0.25) is 0 Å². The third-order valence-electron chi connectivity index (χ3n) is 4.14. The summed E-state index contributed by atoms with van der Waals surface area (Å²) in [5.74, 6) is 1.48. The second-order valence-corrected chi connectivity index (χ2v) is 5.93. The van der Waals surface area contributed by atoms with Crippen molar-refractivity contribution in [3.05, 3.63) is 48.0 Å². The number of rotatable bonds is 4. The maximum atomic E-state index is 5.38. The Balaban J connectivity index is 1.39. The van der Waals surface area contributed by atoms with E-state index in [1.54, 1.807) is 0 Å². The molecule has 3 atom stereocenters. The van der Waals surface area contributed by atoms with Crippen LogP contribution in [0.15, 0.2) is 42.5 Å². The van der Waals surface area contributed by atoms with E-state index < -0.39 is 0 Å². The average Bonchev–Trinajstić information content (AvgIpc) is 3.02. The molecule has 0 spiro atoms. The van der Waals surface area contributed by atoms with Crippen molar-refractivity contribution in [2.45, 2.75) is 25.3 Å². The topological polar surface area (TPSA) is 24.1 Å². The third kappa shape index (κ3) is 3.16. The smallest absolute Gasteiger partial charge is 0.166 e. The van der Waals surface area contributed by atoms with Crippen molar-refractivity contribution in [3.63, 3.8) is 0 Å². The second kappa shape index (κ2) is 5.74. The van der Waals surface area contributed by atoms with Gasteiger partial charge in [-0.2, -0.15) is 0 Å². The van der Waals surface area contributed by atoms with Gasteiger partial charge in [0.1, 0.15) is 0 Å². The van der Waals surface area contributed by atoms with Crippen LogP contribution in [-0.2, 0) is 6.42 Å². The van der Waals surface area contributed by atoms with Crippen molar-refractivity contribution in [2.24, 2.45) is 11.8 Å². The molecule has 3 rings (SSSR count). The van der Waals surface area contributed by atoms with Gasteiger partial charge in [0, 0.05) is 12.6 Å². The van der Waals surface area contributed by atoms with Crippen LogP contribution >= 0.6 is 12.2 Å². The van der Waals surface area contributed by atoms with Gasteiger partial charge in [0.15, 0.2) is 5.11 Å². The van der Waals surface area contributed by atoms with Crippen LogP contribution in [-0.4, -0.2) is 17.7 Å². The predicted molar refractivity (Wildman–Crippen MR) is 83.0 cm³/mol. The second-order valence-electron chi connectivity index (χ2n) is 5.52. The molecule has 1 saturated carbocycles. The Hall–Kier alpha value is -1.35. The zero-order valence-corrected chi connectivity index (χ0v) is 11.8. The van der Waals surface area contributed by atoms with Gasteiger partial charge in [-0.3, -0.25) is 0 Å². The van der Waals surface area contributed by atoms with Gasteiger partial charge >= 0.3 is 0 Å². The molecule has 0 amide bonds. The fraction of sp³-hybridized carbons (Fsp3) is 0.438. The van der Waals surface area contributed by atoms with Gasteiger partial charge in [0.25, 0.3) is 0 Å². The highest BCUT2D eigenvalue weighted by Gasteiger charge is 2.35. The van der Waals surface area contributed by atoms with E-state index in [-0.39, 0.29) is 0 Å². The highest BCUT2D eigenvalue weighted by Crippen LogP contribution is 2.38. The molecule has 2 aliphatic rings. The van der Waals surface area contributed by atoms with Gasteiger partial charge < -0.3 is 10.6 Å². The molecule has 0 saturated heterocycles. The lowest BCUT2D eigenvalue weighted by molar-refractivity contribution is 0.520. The summed E-state index contributed by atoms with van der Waals surface area (Å²) in [6.07, 6.45) is 8.26. The van der Waals surface area contributed by atoms with Crippen molar-refractivity contribution in [1.82, 2.24) is 10.6 Å². The first-order valence-electron chi connectivity index (χ1n) is 7.08. The summed E-state index contributed by atoms with van der Waals surface area (Å²) < 4.78 is 0. The number of hydrogen-bond acceptors (Lipinski definition) is 1. The molecule has 1 aromatic carbocycles. The standard InChI is InChI=1S/C16H20N2S/c19-16(17-9-8-12-4-2-1-3-5-12)18-15-11-13-6-7-14(15)10-13/h1-7,13-15H,8-11H2,(H2,17,18,19)/t13-,14+,15+/m1/s1. The van der Waals surface area contributed by atoms with Gasteiger partial charge in [-0.15, -0.1) is 0 Å². The Morgan fingerprint density at radius 3 is 2.68 bits per heavy atom. The first-order chi connectivity index (χ1) is 9.31. The molecule has 0 heterocycles. The Morgan fingerprint density at radius 2 is 2.00 bits per heavy atom. The number of thiocarbonyl (C=S) groups is 1. The molecule has 1 aromatic rings. The summed E-state index contributed by atoms with van der Waals surface area (Å²) in [6, 6.07) is 11.1. The molecule has 2 bridgehead atoms. The first kappa shape index (κ1) is 12.7. The van der Waals surface area contributed by atoms with Gasteiger partial charge in [0.2, 0.25) is 0 Å². The van der Waals surface area contributed by atoms with E-state index in [9.17, 15) is 0 Å². The molecular weight excluding hydrogens is 252 g/mol. The summed E-state index contributed by atoms with van der Waals surface area (Å²) in [7, 11) is 0. The van der Waals surface area contributed by atoms with Crippen molar-refractivity contribution in [2.75, 3.05) is 6.54 Å². The van der Waals surface area contributed by atoms with E-state index in [2.05, 4.69) is 47.1 Å². The summed E-state index contributed by atoms with van der Waals surface area (Å²) in [5, 5.41) is 7.59. The normalized spacial score (nSPS) is 27.5. The summed E-state index contributed by atoms with van der Waals surface area (Å²) in [6.45, 7) is 0.895. The molecule has 0 unspecified atom stereocenters. The predicted octanol–water partition coefficient (Wildman–Crippen LogP) is 2.66. The molecular formula is C16H20N2S. The number of benzene rings is 1. The van der Waals surface area contributed by atoms with Crippen LogP contribution in [0.25, 0.3) is 0 Å². The van der Waals surface area contributed by atoms with E-state index in [1.165, 1.54) is 18.4 Å². The fourth-order valence-corrected chi connectivity index (χ4v) is 3.38. The molecule has 3 heteroatoms. The minimum atomic E-state index is 0.548. The zero-order chi connectivity index (χ0) is 13.1. The van der Waals surface area contributed by atoms with Crippen molar-refractivity contribution < 1.29 is 0 Å². The van der Waals surface area contributed by atoms with Gasteiger partial charge in [0.05, 0.1) is 0 Å². The molecule has 0 aromatic heterocycles. The third-order valence-corrected chi connectivity index (χ3v) is 4.40. The van der Waals surface area contributed by atoms with Crippen LogP contribution < -0.4 is 10.6 Å². The quantitative estimate of drug-likeness (QED) is 0.651. The maximum Gasteiger partial charge on any atom is 0.166 e. The zero-order valence-electron chi connectivity index (χ0n) is 11.0. The maximum absolute atomic E-state index is 5.38. The largest absolute Gasteiger partial charge is 0.362 e. The Kier molecular flexibility index (Phi) is 3.83. The molecule has 2 nitrogen and oxygen atoms in total. The van der Waals surface area contributed by atoms with Crippen LogP contribution in [0.5, 0.6) is 0 Å². The number of allylic oxidation sites excluding steroid dienone is 1. The lowest BCUT2D eigenvalue weighted by atomic mass is 10.0. The lowest BCUT2D eigenvalue weighted by Gasteiger charge is -2.21. The van der Waals surface area contributed by atoms with Crippen LogP contribution in [0.4, 0.5) is 0 Å². The minimum absolute atomic E-state index is 0.548. The molecule has 19 heavy (non-hydrogen) atoms. The molecule has 2 N–H and O–H groups in total. The highest BCUT2D eigenvalue weighted by molar-refractivity contribution is 7.80. The summed E-state index contributed by atoms with van der Waals surface area (Å²) in [5.41, 5.74) is 1.35. The van der Waals surface area contributed by atoms with Crippen LogP contribution in [0, 0.1) is 11.8 Å². The number of nitrogens with one attached hydrogen (secondary N) is 2. The fourth-order valence-electron chi connectivity index (χ4n) is 3.13. The average molecular weight is 272 g/mol. The highest BCUT2D eigenvalue weighted by atomic mass is 32.1. The molecule has 1 fully saturated rings. The van der Waals surface area contributed by atoms with E-state index in [4.69, 9.17) is 12.2 Å². The van der Waals surface area contributed by atoms with Gasteiger partial charge in [-0.1, -0.05) is 42.5 Å². The lowest BCUT2D eigenvalue weighted by Crippen LogP contribution is -2.44. The van der Waals surface area contributed by atoms with E-state index in [0.29, 0.717) is 12.0 Å². The van der Waals surface area contributed by atoms with Gasteiger partial charge in [-0.05, 0) is 48.9 Å². The molecule has 0 radical (unpaired) electrons. The monoisotopic (exact) mass is 272 g/mol. The van der Waals surface area contributed by atoms with Crippen molar-refractivity contribution in [3.8, 4) is 0 Å². The minimum Gasteiger partial charge on any atom is -0.362 e. The Bertz CT molecular complexity index is 469. The molecule has 0 aliphatic heterocycles. The molecule has 100 valence electrons. The van der Waals surface area contributed by atoms with Crippen LogP contribution in [0.3, 0.4) is 0 Å². The Labute approximate surface area is 120 Å². The summed E-state index contributed by atoms with van der Waals surface area (Å²) in [4.78, 5) is 0. The number of fused-ring (bicyclic) bond motifs is 2. The van der Waals surface area contributed by atoms with Crippen molar-refractivity contribution >= 4 is 17.3 Å². The SMILES string of the molecule is S=C(NCCc1ccccc1)N[C@H]1C[C@@H]2C=C[C@H]1C2. The van der Waals surface area contributed by atoms with E-state index in [0.717, 1.165) is 24.0 Å². The van der Waals surface area contributed by atoms with E-state index >= 15 is 0 Å². The van der Waals surface area contributed by atoms with Crippen molar-refractivity contribution in [1.29, 1.82) is 0 Å². The Morgan fingerprint density at radius 1 is 1.16 bits per heavy atom. The first-order valence-corrected chi connectivity index (χ1v) is 7.49.